The van der Waals surface area contributed by atoms with Crippen molar-refractivity contribution in [1.29, 1.82) is 0 Å². The van der Waals surface area contributed by atoms with Crippen LogP contribution in [0.15, 0.2) is 30.3 Å². The molecule has 3 nitrogen and oxygen atoms in total. The molecule has 2 rings (SSSR count). The molecule has 0 saturated heterocycles. The van der Waals surface area contributed by atoms with Gasteiger partial charge >= 0.3 is 0 Å². The van der Waals surface area contributed by atoms with Gasteiger partial charge in [-0.1, -0.05) is 23.7 Å². The van der Waals surface area contributed by atoms with Crippen molar-refractivity contribution in [2.75, 3.05) is 11.5 Å². The number of aromatic nitrogens is 1. The zero-order chi connectivity index (χ0) is 11.7. The van der Waals surface area contributed by atoms with E-state index < -0.39 is 5.82 Å². The standard InChI is InChI=1S/C11H9ClFN3/c12-11-9(15)5-8(14)10(16-11)6-3-1-2-4-7(6)13/h1-5H,14-15H2. The summed E-state index contributed by atoms with van der Waals surface area (Å²) < 4.78 is 13.5. The van der Waals surface area contributed by atoms with Crippen LogP contribution in [0.3, 0.4) is 0 Å². The molecule has 1 aromatic heterocycles. The zero-order valence-corrected chi connectivity index (χ0v) is 9.00. The number of nitrogen functional groups attached to an aromatic ring is 2. The van der Waals surface area contributed by atoms with E-state index in [1.54, 1.807) is 18.2 Å². The Kier molecular flexibility index (Phi) is 2.66. The lowest BCUT2D eigenvalue weighted by Gasteiger charge is -2.08. The molecule has 82 valence electrons. The molecule has 16 heavy (non-hydrogen) atoms. The molecule has 0 atom stereocenters. The van der Waals surface area contributed by atoms with Crippen LogP contribution >= 0.6 is 11.6 Å². The number of hydrogen-bond acceptors (Lipinski definition) is 3. The van der Waals surface area contributed by atoms with Gasteiger partial charge in [0.2, 0.25) is 0 Å². The Hall–Kier alpha value is -1.81. The molecule has 2 aromatic rings. The maximum absolute atomic E-state index is 13.5. The minimum Gasteiger partial charge on any atom is -0.397 e. The molecule has 1 aromatic carbocycles. The maximum atomic E-state index is 13.5. The van der Waals surface area contributed by atoms with E-state index in [-0.39, 0.29) is 10.8 Å². The second-order valence-corrected chi connectivity index (χ2v) is 3.64. The summed E-state index contributed by atoms with van der Waals surface area (Å²) in [5.74, 6) is -0.400. The van der Waals surface area contributed by atoms with Crippen molar-refractivity contribution in [2.45, 2.75) is 0 Å². The first kappa shape index (κ1) is 10.7. The van der Waals surface area contributed by atoms with Crippen molar-refractivity contribution in [1.82, 2.24) is 4.98 Å². The van der Waals surface area contributed by atoms with Crippen molar-refractivity contribution in [3.8, 4) is 11.3 Å². The highest BCUT2D eigenvalue weighted by molar-refractivity contribution is 6.32. The van der Waals surface area contributed by atoms with Crippen molar-refractivity contribution >= 4 is 23.0 Å². The van der Waals surface area contributed by atoms with Crippen LogP contribution in [-0.4, -0.2) is 4.98 Å². The van der Waals surface area contributed by atoms with Crippen molar-refractivity contribution in [3.63, 3.8) is 0 Å². The Morgan fingerprint density at radius 3 is 2.50 bits per heavy atom. The zero-order valence-electron chi connectivity index (χ0n) is 8.24. The second kappa shape index (κ2) is 3.98. The molecule has 1 heterocycles. The molecule has 4 N–H and O–H groups in total. The molecule has 0 bridgehead atoms. The fourth-order valence-corrected chi connectivity index (χ4v) is 1.53. The molecule has 0 saturated carbocycles. The average molecular weight is 238 g/mol. The maximum Gasteiger partial charge on any atom is 0.152 e. The van der Waals surface area contributed by atoms with E-state index >= 15 is 0 Å². The molecule has 0 aliphatic carbocycles. The molecule has 0 aliphatic rings. The summed E-state index contributed by atoms with van der Waals surface area (Å²) in [5, 5.41) is 0.118. The molecule has 0 radical (unpaired) electrons. The minimum atomic E-state index is -0.400. The summed E-state index contributed by atoms with van der Waals surface area (Å²) in [7, 11) is 0. The Labute approximate surface area is 96.9 Å². The number of nitrogens with two attached hydrogens (primary N) is 2. The summed E-state index contributed by atoms with van der Waals surface area (Å²) in [6.07, 6.45) is 0. The summed E-state index contributed by atoms with van der Waals surface area (Å²) in [5.41, 5.74) is 12.4. The molecule has 5 heteroatoms. The Morgan fingerprint density at radius 1 is 1.12 bits per heavy atom. The Bertz CT molecular complexity index is 543. The fourth-order valence-electron chi connectivity index (χ4n) is 1.39. The van der Waals surface area contributed by atoms with Gasteiger partial charge in [-0.15, -0.1) is 0 Å². The van der Waals surface area contributed by atoms with Gasteiger partial charge in [0.05, 0.1) is 17.1 Å². The summed E-state index contributed by atoms with van der Waals surface area (Å²) in [4.78, 5) is 3.98. The van der Waals surface area contributed by atoms with E-state index in [0.717, 1.165) is 0 Å². The molecule has 0 unspecified atom stereocenters. The predicted octanol–water partition coefficient (Wildman–Crippen LogP) is 2.71. The van der Waals surface area contributed by atoms with Crippen LogP contribution in [0.2, 0.25) is 5.15 Å². The molecular formula is C11H9ClFN3. The number of anilines is 2. The SMILES string of the molecule is Nc1cc(N)c(-c2ccccc2F)nc1Cl. The highest BCUT2D eigenvalue weighted by Crippen LogP contribution is 2.30. The average Bonchev–Trinajstić information content (AvgIpc) is 2.25. The number of nitrogens with zero attached hydrogens (tertiary/aromatic N) is 1. The molecule has 0 amide bonds. The van der Waals surface area contributed by atoms with Gasteiger partial charge in [0.15, 0.2) is 5.15 Å². The topological polar surface area (TPSA) is 64.9 Å². The number of hydrogen-bond donors (Lipinski definition) is 2. The van der Waals surface area contributed by atoms with Crippen LogP contribution < -0.4 is 11.5 Å². The monoisotopic (exact) mass is 237 g/mol. The van der Waals surface area contributed by atoms with Gasteiger partial charge in [0, 0.05) is 5.56 Å². The van der Waals surface area contributed by atoms with Crippen LogP contribution in [0.5, 0.6) is 0 Å². The lowest BCUT2D eigenvalue weighted by Crippen LogP contribution is -1.99. The first-order valence-electron chi connectivity index (χ1n) is 4.56. The van der Waals surface area contributed by atoms with Gasteiger partial charge in [0.25, 0.3) is 0 Å². The normalized spacial score (nSPS) is 10.4. The van der Waals surface area contributed by atoms with Crippen LogP contribution in [0.1, 0.15) is 0 Å². The van der Waals surface area contributed by atoms with Gasteiger partial charge in [-0.25, -0.2) is 9.37 Å². The van der Waals surface area contributed by atoms with Crippen LogP contribution in [0.4, 0.5) is 15.8 Å². The van der Waals surface area contributed by atoms with Gasteiger partial charge in [0.1, 0.15) is 5.82 Å². The lowest BCUT2D eigenvalue weighted by atomic mass is 10.1. The second-order valence-electron chi connectivity index (χ2n) is 3.29. The van der Waals surface area contributed by atoms with E-state index in [1.165, 1.54) is 12.1 Å². The molecule has 0 aliphatic heterocycles. The summed E-state index contributed by atoms with van der Waals surface area (Å²) in [6, 6.07) is 7.68. The summed E-state index contributed by atoms with van der Waals surface area (Å²) >= 11 is 5.77. The van der Waals surface area contributed by atoms with Crippen molar-refractivity contribution in [2.24, 2.45) is 0 Å². The lowest BCUT2D eigenvalue weighted by molar-refractivity contribution is 0.631. The predicted molar refractivity (Wildman–Crippen MR) is 63.5 cm³/mol. The van der Waals surface area contributed by atoms with E-state index in [0.29, 0.717) is 16.9 Å². The van der Waals surface area contributed by atoms with Crippen molar-refractivity contribution < 1.29 is 4.39 Å². The molecular weight excluding hydrogens is 229 g/mol. The quantitative estimate of drug-likeness (QED) is 0.750. The van der Waals surface area contributed by atoms with E-state index in [1.807, 2.05) is 0 Å². The Morgan fingerprint density at radius 2 is 1.81 bits per heavy atom. The number of benzene rings is 1. The minimum absolute atomic E-state index is 0.118. The number of halogens is 2. The molecule has 0 spiro atoms. The fraction of sp³-hybridized carbons (Fsp3) is 0. The van der Waals surface area contributed by atoms with Crippen LogP contribution in [0, 0.1) is 5.82 Å². The largest absolute Gasteiger partial charge is 0.397 e. The highest BCUT2D eigenvalue weighted by Gasteiger charge is 2.11. The van der Waals surface area contributed by atoms with Gasteiger partial charge in [-0.05, 0) is 18.2 Å². The van der Waals surface area contributed by atoms with E-state index in [9.17, 15) is 4.39 Å². The number of rotatable bonds is 1. The third kappa shape index (κ3) is 1.79. The highest BCUT2D eigenvalue weighted by atomic mass is 35.5. The van der Waals surface area contributed by atoms with Crippen molar-refractivity contribution in [3.05, 3.63) is 41.3 Å². The van der Waals surface area contributed by atoms with Crippen LogP contribution in [-0.2, 0) is 0 Å². The van der Waals surface area contributed by atoms with Gasteiger partial charge in [-0.2, -0.15) is 0 Å². The summed E-state index contributed by atoms with van der Waals surface area (Å²) in [6.45, 7) is 0. The van der Waals surface area contributed by atoms with Crippen LogP contribution in [0.25, 0.3) is 11.3 Å². The number of pyridine rings is 1. The Balaban J connectivity index is 2.65. The smallest absolute Gasteiger partial charge is 0.152 e. The molecule has 0 fully saturated rings. The first-order chi connectivity index (χ1) is 7.59. The first-order valence-corrected chi connectivity index (χ1v) is 4.94. The van der Waals surface area contributed by atoms with E-state index in [4.69, 9.17) is 23.1 Å². The van der Waals surface area contributed by atoms with Gasteiger partial charge in [-0.3, -0.25) is 0 Å². The van der Waals surface area contributed by atoms with E-state index in [2.05, 4.69) is 4.98 Å². The third-order valence-corrected chi connectivity index (χ3v) is 2.46. The van der Waals surface area contributed by atoms with Gasteiger partial charge < -0.3 is 11.5 Å². The third-order valence-electron chi connectivity index (χ3n) is 2.16.